The van der Waals surface area contributed by atoms with Gasteiger partial charge in [0.25, 0.3) is 11.8 Å². The van der Waals surface area contributed by atoms with Crippen molar-refractivity contribution in [3.63, 3.8) is 0 Å². The molecule has 2 atom stereocenters. The summed E-state index contributed by atoms with van der Waals surface area (Å²) in [5.74, 6) is -0.240. The number of ether oxygens (including phenoxy) is 1. The van der Waals surface area contributed by atoms with Crippen LogP contribution in [-0.2, 0) is 9.59 Å². The van der Waals surface area contributed by atoms with E-state index in [1.54, 1.807) is 12.1 Å². The van der Waals surface area contributed by atoms with E-state index in [9.17, 15) is 24.0 Å². The maximum absolute atomic E-state index is 14.0. The highest BCUT2D eigenvalue weighted by Gasteiger charge is 2.45. The second-order valence-corrected chi connectivity index (χ2v) is 14.7. The van der Waals surface area contributed by atoms with E-state index < -0.39 is 29.7 Å². The molecule has 4 aliphatic rings. The van der Waals surface area contributed by atoms with Crippen LogP contribution in [0.2, 0.25) is 0 Å². The van der Waals surface area contributed by atoms with Crippen LogP contribution in [-0.4, -0.2) is 96.3 Å². The van der Waals surface area contributed by atoms with Gasteiger partial charge in [0.05, 0.1) is 22.6 Å². The molecule has 15 nitrogen and oxygen atoms in total. The van der Waals surface area contributed by atoms with E-state index in [1.807, 2.05) is 75.1 Å². The maximum atomic E-state index is 14.0. The third-order valence-electron chi connectivity index (χ3n) is 11.3. The summed E-state index contributed by atoms with van der Waals surface area (Å²) in [5, 5.41) is 7.93. The molecule has 2 aromatic heterocycles. The number of aromatic nitrogens is 4. The second-order valence-electron chi connectivity index (χ2n) is 14.7. The van der Waals surface area contributed by atoms with Crippen LogP contribution >= 0.6 is 0 Å². The van der Waals surface area contributed by atoms with Crippen molar-refractivity contribution in [2.75, 3.05) is 31.9 Å². The molecule has 0 aliphatic carbocycles. The number of hydrogen-bond acceptors (Lipinski definition) is 10. The first-order chi connectivity index (χ1) is 27.2. The van der Waals surface area contributed by atoms with Crippen molar-refractivity contribution in [2.45, 2.75) is 56.5 Å². The van der Waals surface area contributed by atoms with E-state index in [2.05, 4.69) is 15.3 Å². The summed E-state index contributed by atoms with van der Waals surface area (Å²) in [6, 6.07) is 21.3. The number of nitrogen functional groups attached to an aromatic ring is 1. The summed E-state index contributed by atoms with van der Waals surface area (Å²) in [7, 11) is 0. The number of amides is 6. The topological polar surface area (TPSA) is 186 Å². The van der Waals surface area contributed by atoms with E-state index in [0.717, 1.165) is 34.6 Å². The fourth-order valence-corrected chi connectivity index (χ4v) is 8.43. The van der Waals surface area contributed by atoms with Gasteiger partial charge in [0, 0.05) is 38.2 Å². The van der Waals surface area contributed by atoms with Gasteiger partial charge in [-0.1, -0.05) is 24.3 Å². The lowest BCUT2D eigenvalue weighted by molar-refractivity contribution is -0.136. The fraction of sp³-hybridized carbons (Fsp3) is 0.317. The first-order valence-corrected chi connectivity index (χ1v) is 18.9. The van der Waals surface area contributed by atoms with Crippen LogP contribution in [0, 0.1) is 0 Å². The summed E-state index contributed by atoms with van der Waals surface area (Å²) in [5.41, 5.74) is 9.99. The van der Waals surface area contributed by atoms with Crippen LogP contribution in [0.4, 0.5) is 10.6 Å². The van der Waals surface area contributed by atoms with Crippen molar-refractivity contribution in [3.05, 3.63) is 95.8 Å². The molecule has 5 aromatic rings. The minimum absolute atomic E-state index is 0.0254. The number of fused-ring (bicyclic) bond motifs is 2. The second kappa shape index (κ2) is 14.2. The zero-order chi connectivity index (χ0) is 38.5. The monoisotopic (exact) mass is 753 g/mol. The Balaban J connectivity index is 0.867. The van der Waals surface area contributed by atoms with Gasteiger partial charge in [-0.15, -0.1) is 0 Å². The predicted octanol–water partition coefficient (Wildman–Crippen LogP) is 4.91. The van der Waals surface area contributed by atoms with Crippen LogP contribution in [0.25, 0.3) is 22.3 Å². The van der Waals surface area contributed by atoms with Gasteiger partial charge >= 0.3 is 6.03 Å². The van der Waals surface area contributed by atoms with Gasteiger partial charge in [-0.2, -0.15) is 5.10 Å². The summed E-state index contributed by atoms with van der Waals surface area (Å²) in [6.45, 7) is 2.18. The Morgan fingerprint density at radius 1 is 0.804 bits per heavy atom. The van der Waals surface area contributed by atoms with Gasteiger partial charge in [0.2, 0.25) is 11.8 Å². The Labute approximate surface area is 321 Å². The number of piperidine rings is 3. The lowest BCUT2D eigenvalue weighted by Gasteiger charge is -2.39. The number of likely N-dealkylation sites (tertiary alicyclic amines) is 2. The molecule has 3 N–H and O–H groups in total. The van der Waals surface area contributed by atoms with Gasteiger partial charge in [-0.25, -0.2) is 19.4 Å². The number of carbonyl (C=O) groups excluding carboxylic acids is 5. The Morgan fingerprint density at radius 2 is 1.55 bits per heavy atom. The Hall–Kier alpha value is -6.64. The molecule has 15 heteroatoms. The van der Waals surface area contributed by atoms with Crippen molar-refractivity contribution in [1.82, 2.24) is 39.8 Å². The lowest BCUT2D eigenvalue weighted by Crippen LogP contribution is -2.54. The van der Waals surface area contributed by atoms with Crippen molar-refractivity contribution in [1.29, 1.82) is 0 Å². The van der Waals surface area contributed by atoms with Crippen molar-refractivity contribution in [2.24, 2.45) is 0 Å². The molecule has 4 aliphatic heterocycles. The van der Waals surface area contributed by atoms with Gasteiger partial charge in [-0.3, -0.25) is 29.4 Å². The number of para-hydroxylation sites is 1. The van der Waals surface area contributed by atoms with Crippen LogP contribution in [0.15, 0.2) is 79.1 Å². The number of rotatable bonds is 6. The number of nitrogens with two attached hydrogens (primary N) is 1. The largest absolute Gasteiger partial charge is 0.457 e. The molecule has 56 heavy (non-hydrogen) atoms. The van der Waals surface area contributed by atoms with Gasteiger partial charge < -0.3 is 20.3 Å². The molecule has 284 valence electrons. The molecule has 3 aromatic carbocycles. The normalized spacial score (nSPS) is 20.4. The molecule has 6 heterocycles. The summed E-state index contributed by atoms with van der Waals surface area (Å²) >= 11 is 0. The zero-order valence-corrected chi connectivity index (χ0v) is 30.5. The van der Waals surface area contributed by atoms with Crippen LogP contribution in [0.3, 0.4) is 0 Å². The number of anilines is 1. The summed E-state index contributed by atoms with van der Waals surface area (Å²) in [4.78, 5) is 78.3. The van der Waals surface area contributed by atoms with E-state index in [4.69, 9.17) is 15.6 Å². The van der Waals surface area contributed by atoms with Gasteiger partial charge in [-0.05, 0) is 92.1 Å². The molecule has 1 unspecified atom stereocenters. The molecule has 9 rings (SSSR count). The molecule has 3 saturated heterocycles. The highest BCUT2D eigenvalue weighted by molar-refractivity contribution is 6.23. The highest BCUT2D eigenvalue weighted by atomic mass is 16.5. The van der Waals surface area contributed by atoms with Crippen molar-refractivity contribution < 1.29 is 28.7 Å². The first kappa shape index (κ1) is 35.1. The van der Waals surface area contributed by atoms with Crippen LogP contribution in [0.1, 0.15) is 76.8 Å². The highest BCUT2D eigenvalue weighted by Crippen LogP contribution is 2.37. The quantitative estimate of drug-likeness (QED) is 0.226. The third kappa shape index (κ3) is 6.28. The Morgan fingerprint density at radius 3 is 2.32 bits per heavy atom. The first-order valence-electron chi connectivity index (χ1n) is 18.9. The number of benzene rings is 3. The van der Waals surface area contributed by atoms with E-state index in [0.29, 0.717) is 67.3 Å². The fourth-order valence-electron chi connectivity index (χ4n) is 8.43. The molecule has 0 spiro atoms. The number of nitrogens with one attached hydrogen (secondary N) is 1. The molecular weight excluding hydrogens is 715 g/mol. The molecule has 0 saturated carbocycles. The third-order valence-corrected chi connectivity index (χ3v) is 11.3. The predicted molar refractivity (Wildman–Crippen MR) is 204 cm³/mol. The van der Waals surface area contributed by atoms with Gasteiger partial charge in [0.1, 0.15) is 35.4 Å². The maximum Gasteiger partial charge on any atom is 0.320 e. The molecule has 0 radical (unpaired) electrons. The molecule has 6 amide bonds. The summed E-state index contributed by atoms with van der Waals surface area (Å²) in [6.07, 6.45) is 4.62. The Bertz CT molecular complexity index is 2390. The van der Waals surface area contributed by atoms with E-state index in [1.165, 1.54) is 6.33 Å². The number of nitrogens with zero attached hydrogens (tertiary/aromatic N) is 7. The number of urea groups is 1. The SMILES string of the molecule is Nc1ncnc2c1c(-c1ccc(Oc3ccccc3)cc1)nn2[C@@H]1CCCN(C(=O)N2CCC(c3ccc4c(c3)C(=O)N(C3CCC(=O)NC3=O)C4=O)CC2)C1. The standard InChI is InChI=1S/C41H39N9O6/c42-36-34-35(25-8-11-29(12-9-25)56-28-6-2-1-3-7-28)46-50(37(34)44-23-43-36)27-5-4-18-48(22-27)41(55)47-19-16-24(17-20-47)26-10-13-30-31(21-26)40(54)49(39(30)53)32-14-15-33(51)45-38(32)52/h1-3,6-13,21,23-24,27,32H,4-5,14-20,22H2,(H2,42,43,44)(H,45,51,52)/t27-,32?/m1/s1. The molecule has 0 bridgehead atoms. The summed E-state index contributed by atoms with van der Waals surface area (Å²) < 4.78 is 7.88. The van der Waals surface area contributed by atoms with E-state index in [-0.39, 0.29) is 42.0 Å². The van der Waals surface area contributed by atoms with Crippen molar-refractivity contribution >= 4 is 46.5 Å². The molecular formula is C41H39N9O6. The average Bonchev–Trinajstić information content (AvgIpc) is 3.73. The minimum atomic E-state index is -1.01. The average molecular weight is 754 g/mol. The Kier molecular flexibility index (Phi) is 8.90. The van der Waals surface area contributed by atoms with E-state index >= 15 is 0 Å². The number of imide groups is 2. The van der Waals surface area contributed by atoms with Crippen molar-refractivity contribution in [3.8, 4) is 22.8 Å². The van der Waals surface area contributed by atoms with Crippen LogP contribution < -0.4 is 15.8 Å². The van der Waals surface area contributed by atoms with Gasteiger partial charge in [0.15, 0.2) is 5.65 Å². The lowest BCUT2D eigenvalue weighted by atomic mass is 9.88. The smallest absolute Gasteiger partial charge is 0.320 e. The zero-order valence-electron chi connectivity index (χ0n) is 30.5. The number of carbonyl (C=O) groups is 5. The molecule has 3 fully saturated rings. The van der Waals surface area contributed by atoms with Crippen LogP contribution in [0.5, 0.6) is 11.5 Å². The minimum Gasteiger partial charge on any atom is -0.457 e. The number of hydrogen-bond donors (Lipinski definition) is 2.